The van der Waals surface area contributed by atoms with E-state index in [9.17, 15) is 14.0 Å². The number of nitrogens with one attached hydrogen (secondary N) is 1. The molecule has 6 nitrogen and oxygen atoms in total. The molecule has 27 heavy (non-hydrogen) atoms. The molecule has 0 bridgehead atoms. The molecule has 1 N–H and O–H groups in total. The van der Waals surface area contributed by atoms with Gasteiger partial charge in [0.05, 0.1) is 20.1 Å². The van der Waals surface area contributed by atoms with Crippen molar-refractivity contribution in [2.24, 2.45) is 0 Å². The number of para-hydroxylation sites is 2. The molecule has 2 aromatic carbocycles. The SMILES string of the molecule is COc1ccccc1OCCNC(=O)COC(=O)Cc1c(F)cccc1Cl. The van der Waals surface area contributed by atoms with Crippen molar-refractivity contribution in [3.8, 4) is 11.5 Å². The summed E-state index contributed by atoms with van der Waals surface area (Å²) in [6, 6.07) is 11.2. The van der Waals surface area contributed by atoms with Gasteiger partial charge in [-0.25, -0.2) is 4.39 Å². The highest BCUT2D eigenvalue weighted by atomic mass is 35.5. The van der Waals surface area contributed by atoms with E-state index in [1.165, 1.54) is 25.3 Å². The molecule has 0 unspecified atom stereocenters. The third-order valence-electron chi connectivity index (χ3n) is 3.50. The van der Waals surface area contributed by atoms with Crippen LogP contribution in [0.2, 0.25) is 5.02 Å². The third-order valence-corrected chi connectivity index (χ3v) is 3.85. The Hall–Kier alpha value is -2.80. The summed E-state index contributed by atoms with van der Waals surface area (Å²) in [7, 11) is 1.53. The summed E-state index contributed by atoms with van der Waals surface area (Å²) in [6.07, 6.45) is -0.351. The minimum absolute atomic E-state index is 0.0368. The fourth-order valence-electron chi connectivity index (χ4n) is 2.18. The van der Waals surface area contributed by atoms with Gasteiger partial charge >= 0.3 is 5.97 Å². The Balaban J connectivity index is 1.68. The van der Waals surface area contributed by atoms with E-state index in [0.29, 0.717) is 11.5 Å². The van der Waals surface area contributed by atoms with Gasteiger partial charge in [-0.3, -0.25) is 9.59 Å². The Bertz CT molecular complexity index is 779. The number of hydrogen-bond donors (Lipinski definition) is 1. The molecule has 2 rings (SSSR count). The standard InChI is InChI=1S/C19H19ClFNO5/c1-25-16-7-2-3-8-17(16)26-10-9-22-18(23)12-27-19(24)11-13-14(20)5-4-6-15(13)21/h2-8H,9-12H2,1H3,(H,22,23). The van der Waals surface area contributed by atoms with Crippen molar-refractivity contribution in [1.82, 2.24) is 5.32 Å². The molecular weight excluding hydrogens is 377 g/mol. The van der Waals surface area contributed by atoms with Crippen molar-refractivity contribution in [3.05, 3.63) is 58.9 Å². The Kier molecular flexibility index (Phi) is 7.88. The van der Waals surface area contributed by atoms with Gasteiger partial charge in [0.15, 0.2) is 18.1 Å². The quantitative estimate of drug-likeness (QED) is 0.522. The predicted molar refractivity (Wildman–Crippen MR) is 97.6 cm³/mol. The average molecular weight is 396 g/mol. The fourth-order valence-corrected chi connectivity index (χ4v) is 2.41. The predicted octanol–water partition coefficient (Wildman–Crippen LogP) is 2.77. The van der Waals surface area contributed by atoms with E-state index in [0.717, 1.165) is 0 Å². The van der Waals surface area contributed by atoms with Crippen LogP contribution in [0.3, 0.4) is 0 Å². The lowest BCUT2D eigenvalue weighted by molar-refractivity contribution is -0.147. The molecule has 8 heteroatoms. The zero-order valence-corrected chi connectivity index (χ0v) is 15.4. The molecule has 1 amide bonds. The van der Waals surface area contributed by atoms with Crippen LogP contribution >= 0.6 is 11.6 Å². The minimum atomic E-state index is -0.748. The first-order valence-corrected chi connectivity index (χ1v) is 8.50. The number of benzene rings is 2. The first-order valence-electron chi connectivity index (χ1n) is 8.12. The number of methoxy groups -OCH3 is 1. The van der Waals surface area contributed by atoms with Gasteiger partial charge in [0.25, 0.3) is 5.91 Å². The lowest BCUT2D eigenvalue weighted by atomic mass is 10.1. The van der Waals surface area contributed by atoms with E-state index >= 15 is 0 Å². The molecule has 0 aliphatic carbocycles. The summed E-state index contributed by atoms with van der Waals surface area (Å²) in [5.74, 6) is -0.696. The van der Waals surface area contributed by atoms with Crippen LogP contribution in [0.1, 0.15) is 5.56 Å². The summed E-state index contributed by atoms with van der Waals surface area (Å²) in [5, 5.41) is 2.68. The van der Waals surface area contributed by atoms with Gasteiger partial charge in [-0.05, 0) is 24.3 Å². The van der Waals surface area contributed by atoms with Crippen LogP contribution in [-0.2, 0) is 20.7 Å². The average Bonchev–Trinajstić information content (AvgIpc) is 2.67. The first-order chi connectivity index (χ1) is 13.0. The Morgan fingerprint density at radius 2 is 1.85 bits per heavy atom. The number of amides is 1. The Morgan fingerprint density at radius 3 is 2.56 bits per heavy atom. The summed E-state index contributed by atoms with van der Waals surface area (Å²) in [6.45, 7) is -0.0436. The number of carbonyl (C=O) groups excluding carboxylic acids is 2. The van der Waals surface area contributed by atoms with E-state index in [1.54, 1.807) is 18.2 Å². The maximum atomic E-state index is 13.6. The number of rotatable bonds is 9. The van der Waals surface area contributed by atoms with Crippen LogP contribution in [0.4, 0.5) is 4.39 Å². The van der Waals surface area contributed by atoms with Gasteiger partial charge in [0.2, 0.25) is 0 Å². The smallest absolute Gasteiger partial charge is 0.310 e. The zero-order valence-electron chi connectivity index (χ0n) is 14.7. The normalized spacial score (nSPS) is 10.2. The van der Waals surface area contributed by atoms with Gasteiger partial charge in [-0.1, -0.05) is 29.8 Å². The number of halogens is 2. The van der Waals surface area contributed by atoms with Gasteiger partial charge in [-0.2, -0.15) is 0 Å². The molecule has 0 heterocycles. The molecule has 0 saturated heterocycles. The van der Waals surface area contributed by atoms with Crippen molar-refractivity contribution in [3.63, 3.8) is 0 Å². The first kappa shape index (κ1) is 20.5. The maximum absolute atomic E-state index is 13.6. The number of ether oxygens (including phenoxy) is 3. The zero-order chi connectivity index (χ0) is 19.6. The van der Waals surface area contributed by atoms with Crippen LogP contribution in [0.25, 0.3) is 0 Å². The molecule has 0 atom stereocenters. The number of carbonyl (C=O) groups is 2. The molecule has 0 fully saturated rings. The summed E-state index contributed by atoms with van der Waals surface area (Å²) >= 11 is 5.84. The monoisotopic (exact) mass is 395 g/mol. The second-order valence-electron chi connectivity index (χ2n) is 5.39. The molecule has 0 saturated carbocycles. The number of esters is 1. The molecule has 0 radical (unpaired) electrons. The van der Waals surface area contributed by atoms with E-state index < -0.39 is 24.3 Å². The molecule has 0 aliphatic heterocycles. The van der Waals surface area contributed by atoms with E-state index in [-0.39, 0.29) is 30.2 Å². The van der Waals surface area contributed by atoms with Crippen molar-refractivity contribution < 1.29 is 28.2 Å². The number of hydrogen-bond acceptors (Lipinski definition) is 5. The molecule has 0 spiro atoms. The van der Waals surface area contributed by atoms with E-state index in [2.05, 4.69) is 5.32 Å². The van der Waals surface area contributed by atoms with Crippen LogP contribution in [0, 0.1) is 5.82 Å². The lowest BCUT2D eigenvalue weighted by Gasteiger charge is -2.11. The second kappa shape index (κ2) is 10.4. The van der Waals surface area contributed by atoms with Gasteiger partial charge < -0.3 is 19.5 Å². The minimum Gasteiger partial charge on any atom is -0.493 e. The van der Waals surface area contributed by atoms with Crippen LogP contribution in [0.5, 0.6) is 11.5 Å². The van der Waals surface area contributed by atoms with Gasteiger partial charge in [-0.15, -0.1) is 0 Å². The fraction of sp³-hybridized carbons (Fsp3) is 0.263. The summed E-state index contributed by atoms with van der Waals surface area (Å²) in [5.41, 5.74) is 0.0368. The molecule has 0 aliphatic rings. The molecular formula is C19H19ClFNO5. The van der Waals surface area contributed by atoms with E-state index in [4.69, 9.17) is 25.8 Å². The highest BCUT2D eigenvalue weighted by Crippen LogP contribution is 2.25. The molecule has 144 valence electrons. The maximum Gasteiger partial charge on any atom is 0.310 e. The summed E-state index contributed by atoms with van der Waals surface area (Å²) in [4.78, 5) is 23.4. The van der Waals surface area contributed by atoms with Crippen molar-refractivity contribution >= 4 is 23.5 Å². The van der Waals surface area contributed by atoms with E-state index in [1.807, 2.05) is 6.07 Å². The summed E-state index contributed by atoms with van der Waals surface area (Å²) < 4.78 is 29.1. The topological polar surface area (TPSA) is 73.9 Å². The largest absolute Gasteiger partial charge is 0.493 e. The highest BCUT2D eigenvalue weighted by Gasteiger charge is 2.14. The van der Waals surface area contributed by atoms with Gasteiger partial charge in [0, 0.05) is 10.6 Å². The van der Waals surface area contributed by atoms with Crippen LogP contribution < -0.4 is 14.8 Å². The van der Waals surface area contributed by atoms with Crippen LogP contribution in [0.15, 0.2) is 42.5 Å². The van der Waals surface area contributed by atoms with Crippen molar-refractivity contribution in [1.29, 1.82) is 0 Å². The second-order valence-corrected chi connectivity index (χ2v) is 5.79. The van der Waals surface area contributed by atoms with Crippen LogP contribution in [-0.4, -0.2) is 38.7 Å². The lowest BCUT2D eigenvalue weighted by Crippen LogP contribution is -2.32. The van der Waals surface area contributed by atoms with Crippen molar-refractivity contribution in [2.75, 3.05) is 26.9 Å². The van der Waals surface area contributed by atoms with Gasteiger partial charge in [0.1, 0.15) is 12.4 Å². The Labute approximate surface area is 161 Å². The third kappa shape index (κ3) is 6.45. The molecule has 2 aromatic rings. The molecule has 0 aromatic heterocycles. The Morgan fingerprint density at radius 1 is 1.11 bits per heavy atom. The van der Waals surface area contributed by atoms with Crippen molar-refractivity contribution in [2.45, 2.75) is 6.42 Å². The highest BCUT2D eigenvalue weighted by molar-refractivity contribution is 6.31.